The van der Waals surface area contributed by atoms with Crippen LogP contribution < -0.4 is 0 Å². The summed E-state index contributed by atoms with van der Waals surface area (Å²) in [6.07, 6.45) is -0.561. The van der Waals surface area contributed by atoms with E-state index in [1.165, 1.54) is 4.90 Å². The highest BCUT2D eigenvalue weighted by Crippen LogP contribution is 2.33. The largest absolute Gasteiger partial charge is 0.465 e. The van der Waals surface area contributed by atoms with Crippen molar-refractivity contribution in [2.75, 3.05) is 6.54 Å². The van der Waals surface area contributed by atoms with Crippen molar-refractivity contribution in [1.29, 1.82) is 0 Å². The van der Waals surface area contributed by atoms with Crippen LogP contribution in [0, 0.1) is 0 Å². The molecule has 0 spiro atoms. The minimum atomic E-state index is -1.17. The van der Waals surface area contributed by atoms with E-state index in [9.17, 15) is 14.4 Å². The molecule has 88 valence electrons. The van der Waals surface area contributed by atoms with Crippen LogP contribution in [0.2, 0.25) is 0 Å². The summed E-state index contributed by atoms with van der Waals surface area (Å²) in [5.74, 6) is 0. The zero-order chi connectivity index (χ0) is 11.9. The summed E-state index contributed by atoms with van der Waals surface area (Å²) in [7, 11) is 0. The maximum absolute atomic E-state index is 11.0. The van der Waals surface area contributed by atoms with Crippen LogP contribution in [-0.2, 0) is 4.79 Å². The molecule has 7 heteroatoms. The van der Waals surface area contributed by atoms with Gasteiger partial charge in [0.25, 0.3) is 0 Å². The van der Waals surface area contributed by atoms with Gasteiger partial charge in [0.15, 0.2) is 0 Å². The lowest BCUT2D eigenvalue weighted by atomic mass is 10.1. The molecule has 2 aliphatic heterocycles. The summed E-state index contributed by atoms with van der Waals surface area (Å²) in [5, 5.41) is 17.9. The molecule has 7 nitrogen and oxygen atoms in total. The van der Waals surface area contributed by atoms with E-state index < -0.39 is 24.3 Å². The zero-order valence-electron chi connectivity index (χ0n) is 8.44. The fourth-order valence-corrected chi connectivity index (χ4v) is 2.65. The fourth-order valence-electron chi connectivity index (χ4n) is 2.65. The van der Waals surface area contributed by atoms with Crippen LogP contribution in [0.1, 0.15) is 12.8 Å². The molecular formula is C9H12N2O5. The summed E-state index contributed by atoms with van der Waals surface area (Å²) >= 11 is 0. The second kappa shape index (κ2) is 3.66. The van der Waals surface area contributed by atoms with Crippen molar-refractivity contribution in [3.63, 3.8) is 0 Å². The first-order chi connectivity index (χ1) is 7.56. The molecule has 0 saturated carbocycles. The molecule has 2 bridgehead atoms. The molecule has 0 aromatic heterocycles. The van der Waals surface area contributed by atoms with Gasteiger partial charge in [-0.3, -0.25) is 9.80 Å². The predicted octanol–water partition coefficient (Wildman–Crippen LogP) is 0.0585. The van der Waals surface area contributed by atoms with Crippen LogP contribution in [0.25, 0.3) is 0 Å². The zero-order valence-corrected chi connectivity index (χ0v) is 8.44. The van der Waals surface area contributed by atoms with Crippen molar-refractivity contribution in [2.45, 2.75) is 31.0 Å². The van der Waals surface area contributed by atoms with Crippen molar-refractivity contribution >= 4 is 18.5 Å². The number of carboxylic acid groups (broad SMARTS) is 2. The second-order valence-electron chi connectivity index (χ2n) is 4.05. The van der Waals surface area contributed by atoms with Crippen LogP contribution in [0.5, 0.6) is 0 Å². The van der Waals surface area contributed by atoms with Gasteiger partial charge in [-0.2, -0.15) is 0 Å². The van der Waals surface area contributed by atoms with Crippen molar-refractivity contribution in [3.05, 3.63) is 0 Å². The van der Waals surface area contributed by atoms with Crippen LogP contribution >= 0.6 is 0 Å². The first-order valence-electron chi connectivity index (χ1n) is 5.02. The maximum atomic E-state index is 11.0. The summed E-state index contributed by atoms with van der Waals surface area (Å²) in [6, 6.07) is -1.70. The van der Waals surface area contributed by atoms with Gasteiger partial charge in [-0.15, -0.1) is 0 Å². The van der Waals surface area contributed by atoms with Crippen LogP contribution in [0.15, 0.2) is 0 Å². The van der Waals surface area contributed by atoms with Gasteiger partial charge in [-0.25, -0.2) is 9.59 Å². The highest BCUT2D eigenvalue weighted by Gasteiger charge is 2.49. The Balaban J connectivity index is 2.28. The van der Waals surface area contributed by atoms with E-state index in [1.54, 1.807) is 0 Å². The van der Waals surface area contributed by atoms with Gasteiger partial charge < -0.3 is 15.0 Å². The van der Waals surface area contributed by atoms with Crippen molar-refractivity contribution in [3.8, 4) is 0 Å². The minimum absolute atomic E-state index is 0.0849. The third-order valence-corrected chi connectivity index (χ3v) is 3.31. The topological polar surface area (TPSA) is 98.2 Å². The van der Waals surface area contributed by atoms with E-state index in [4.69, 9.17) is 10.2 Å². The van der Waals surface area contributed by atoms with Crippen molar-refractivity contribution in [2.24, 2.45) is 0 Å². The first-order valence-corrected chi connectivity index (χ1v) is 5.02. The fraction of sp³-hybridized carbons (Fsp3) is 0.667. The van der Waals surface area contributed by atoms with Gasteiger partial charge in [0.2, 0.25) is 0 Å². The van der Waals surface area contributed by atoms with E-state index in [1.807, 2.05) is 0 Å². The average molecular weight is 228 g/mol. The van der Waals surface area contributed by atoms with Gasteiger partial charge in [-0.1, -0.05) is 0 Å². The molecule has 0 aromatic rings. The number of amides is 2. The Morgan fingerprint density at radius 2 is 1.88 bits per heavy atom. The molecule has 2 saturated heterocycles. The van der Waals surface area contributed by atoms with Gasteiger partial charge in [0, 0.05) is 6.54 Å². The van der Waals surface area contributed by atoms with E-state index in [-0.39, 0.29) is 12.6 Å². The number of carbonyl (C=O) groups excluding carboxylic acids is 1. The Bertz CT molecular complexity index is 345. The average Bonchev–Trinajstić information content (AvgIpc) is 2.53. The molecule has 2 fully saturated rings. The summed E-state index contributed by atoms with van der Waals surface area (Å²) in [5.41, 5.74) is 0. The molecule has 0 radical (unpaired) electrons. The van der Waals surface area contributed by atoms with Crippen molar-refractivity contribution in [1.82, 2.24) is 9.80 Å². The minimum Gasteiger partial charge on any atom is -0.465 e. The van der Waals surface area contributed by atoms with Gasteiger partial charge in [0.05, 0.1) is 12.1 Å². The van der Waals surface area contributed by atoms with Crippen molar-refractivity contribution < 1.29 is 24.6 Å². The third-order valence-electron chi connectivity index (χ3n) is 3.31. The molecule has 2 rings (SSSR count). The molecule has 0 aromatic carbocycles. The lowest BCUT2D eigenvalue weighted by Gasteiger charge is -2.42. The van der Waals surface area contributed by atoms with Crippen LogP contribution in [0.4, 0.5) is 9.59 Å². The number of rotatable bonds is 1. The normalized spacial score (nSPS) is 32.6. The molecule has 0 aliphatic carbocycles. The Kier molecular flexibility index (Phi) is 2.45. The molecular weight excluding hydrogens is 216 g/mol. The lowest BCUT2D eigenvalue weighted by Crippen LogP contribution is -2.62. The summed E-state index contributed by atoms with van der Waals surface area (Å²) in [4.78, 5) is 35.1. The van der Waals surface area contributed by atoms with E-state index in [2.05, 4.69) is 0 Å². The quantitative estimate of drug-likeness (QED) is 0.618. The molecule has 2 amide bonds. The number of hydrogen-bond donors (Lipinski definition) is 2. The van der Waals surface area contributed by atoms with E-state index in [0.717, 1.165) is 4.90 Å². The second-order valence-corrected chi connectivity index (χ2v) is 4.05. The number of nitrogens with zero attached hydrogens (tertiary/aromatic N) is 2. The summed E-state index contributed by atoms with van der Waals surface area (Å²) in [6.45, 7) is 0.0849. The first kappa shape index (κ1) is 10.7. The number of aldehydes is 1. The van der Waals surface area contributed by atoms with Gasteiger partial charge >= 0.3 is 12.2 Å². The van der Waals surface area contributed by atoms with Gasteiger partial charge in [-0.05, 0) is 12.8 Å². The van der Waals surface area contributed by atoms with E-state index in [0.29, 0.717) is 19.1 Å². The number of carbonyl (C=O) groups is 3. The SMILES string of the molecule is O=C[C@@H]1[C@@H]2CC[C@H](CN1C(=O)O)N2C(=O)O. The van der Waals surface area contributed by atoms with E-state index >= 15 is 0 Å². The lowest BCUT2D eigenvalue weighted by molar-refractivity contribution is -0.115. The maximum Gasteiger partial charge on any atom is 0.408 e. The van der Waals surface area contributed by atoms with Crippen LogP contribution in [-0.4, -0.2) is 63.2 Å². The summed E-state index contributed by atoms with van der Waals surface area (Å²) < 4.78 is 0. The third kappa shape index (κ3) is 1.39. The number of likely N-dealkylation sites (tertiary alicyclic amines) is 1. The molecule has 3 atom stereocenters. The Labute approximate surface area is 91.2 Å². The standard InChI is InChI=1S/C9H12N2O5/c12-4-7-6-2-1-5(11(6)9(15)16)3-10(7)8(13)14/h4-7H,1-3H2,(H,13,14)(H,15,16)/t5-,6+,7-/m1/s1. The predicted molar refractivity (Wildman–Crippen MR) is 51.3 cm³/mol. The Morgan fingerprint density at radius 3 is 2.38 bits per heavy atom. The number of piperazine rings is 1. The van der Waals surface area contributed by atoms with Crippen LogP contribution in [0.3, 0.4) is 0 Å². The molecule has 16 heavy (non-hydrogen) atoms. The highest BCUT2D eigenvalue weighted by atomic mass is 16.4. The molecule has 2 N–H and O–H groups in total. The molecule has 0 unspecified atom stereocenters. The smallest absolute Gasteiger partial charge is 0.408 e. The highest BCUT2D eigenvalue weighted by molar-refractivity contribution is 5.75. The Hall–Kier alpha value is -1.79. The number of fused-ring (bicyclic) bond motifs is 2. The van der Waals surface area contributed by atoms with Gasteiger partial charge in [0.1, 0.15) is 12.3 Å². The Morgan fingerprint density at radius 1 is 1.19 bits per heavy atom. The number of hydrogen-bond acceptors (Lipinski definition) is 3. The molecule has 2 aliphatic rings. The molecule has 2 heterocycles. The monoisotopic (exact) mass is 228 g/mol.